The maximum absolute atomic E-state index is 12.3. The van der Waals surface area contributed by atoms with Gasteiger partial charge in [0.25, 0.3) is 0 Å². The fourth-order valence-corrected chi connectivity index (χ4v) is 2.13. The van der Waals surface area contributed by atoms with E-state index < -0.39 is 6.61 Å². The lowest BCUT2D eigenvalue weighted by molar-refractivity contribution is -0.111. The standard InChI is InChI=1S/C17H14BrF2NO3/c1-23-15-10-11(2-8-14(15)24-17(19)20)3-9-16(22)21-13-6-4-12(18)5-7-13/h2-10,17H,1H3,(H,21,22)/b9-3+. The number of carbonyl (C=O) groups is 1. The van der Waals surface area contributed by atoms with Crippen molar-refractivity contribution in [2.45, 2.75) is 6.61 Å². The molecule has 0 aliphatic carbocycles. The Kier molecular flexibility index (Phi) is 6.31. The first-order valence-electron chi connectivity index (χ1n) is 6.85. The van der Waals surface area contributed by atoms with Gasteiger partial charge in [-0.1, -0.05) is 22.0 Å². The molecule has 2 aromatic rings. The van der Waals surface area contributed by atoms with Crippen molar-refractivity contribution in [2.24, 2.45) is 0 Å². The van der Waals surface area contributed by atoms with Gasteiger partial charge in [-0.25, -0.2) is 0 Å². The van der Waals surface area contributed by atoms with E-state index in [-0.39, 0.29) is 17.4 Å². The number of hydrogen-bond donors (Lipinski definition) is 1. The van der Waals surface area contributed by atoms with Crippen molar-refractivity contribution in [1.82, 2.24) is 0 Å². The molecule has 4 nitrogen and oxygen atoms in total. The minimum absolute atomic E-state index is 0.0658. The van der Waals surface area contributed by atoms with Crippen LogP contribution < -0.4 is 14.8 Å². The minimum Gasteiger partial charge on any atom is -0.493 e. The highest BCUT2D eigenvalue weighted by atomic mass is 79.9. The molecule has 0 saturated heterocycles. The highest BCUT2D eigenvalue weighted by Crippen LogP contribution is 2.29. The lowest BCUT2D eigenvalue weighted by Crippen LogP contribution is -2.07. The number of alkyl halides is 2. The third-order valence-electron chi connectivity index (χ3n) is 2.94. The fourth-order valence-electron chi connectivity index (χ4n) is 1.87. The molecular weight excluding hydrogens is 384 g/mol. The molecule has 0 atom stereocenters. The van der Waals surface area contributed by atoms with E-state index in [4.69, 9.17) is 4.74 Å². The van der Waals surface area contributed by atoms with Gasteiger partial charge >= 0.3 is 6.61 Å². The van der Waals surface area contributed by atoms with Crippen molar-refractivity contribution in [3.8, 4) is 11.5 Å². The second-order valence-corrected chi connectivity index (χ2v) is 5.53. The quantitative estimate of drug-likeness (QED) is 0.717. The van der Waals surface area contributed by atoms with Crippen LogP contribution in [0.3, 0.4) is 0 Å². The summed E-state index contributed by atoms with van der Waals surface area (Å²) in [5.41, 5.74) is 1.27. The maximum Gasteiger partial charge on any atom is 0.387 e. The Balaban J connectivity index is 2.05. The molecule has 7 heteroatoms. The summed E-state index contributed by atoms with van der Waals surface area (Å²) < 4.78 is 34.8. The number of carbonyl (C=O) groups excluding carboxylic acids is 1. The summed E-state index contributed by atoms with van der Waals surface area (Å²) in [4.78, 5) is 11.9. The van der Waals surface area contributed by atoms with Gasteiger partial charge in [0.15, 0.2) is 11.5 Å². The summed E-state index contributed by atoms with van der Waals surface area (Å²) in [7, 11) is 1.35. The average Bonchev–Trinajstić information content (AvgIpc) is 2.55. The zero-order valence-corrected chi connectivity index (χ0v) is 14.2. The summed E-state index contributed by atoms with van der Waals surface area (Å²) in [5, 5.41) is 2.70. The zero-order valence-electron chi connectivity index (χ0n) is 12.6. The number of anilines is 1. The molecule has 0 heterocycles. The molecule has 0 unspecified atom stereocenters. The van der Waals surface area contributed by atoms with Gasteiger partial charge in [0.05, 0.1) is 7.11 Å². The maximum atomic E-state index is 12.3. The van der Waals surface area contributed by atoms with E-state index in [0.29, 0.717) is 11.3 Å². The predicted molar refractivity (Wildman–Crippen MR) is 91.4 cm³/mol. The number of halogens is 3. The van der Waals surface area contributed by atoms with Crippen LogP contribution in [0.5, 0.6) is 11.5 Å². The Bertz CT molecular complexity index is 733. The van der Waals surface area contributed by atoms with Crippen LogP contribution in [0.2, 0.25) is 0 Å². The van der Waals surface area contributed by atoms with Crippen LogP contribution in [0, 0.1) is 0 Å². The van der Waals surface area contributed by atoms with Gasteiger partial charge < -0.3 is 14.8 Å². The third-order valence-corrected chi connectivity index (χ3v) is 3.47. The van der Waals surface area contributed by atoms with Crippen molar-refractivity contribution >= 4 is 33.6 Å². The monoisotopic (exact) mass is 397 g/mol. The highest BCUT2D eigenvalue weighted by Gasteiger charge is 2.10. The lowest BCUT2D eigenvalue weighted by Gasteiger charge is -2.10. The molecule has 2 rings (SSSR count). The second-order valence-electron chi connectivity index (χ2n) is 4.62. The molecule has 0 fully saturated rings. The first kappa shape index (κ1) is 17.9. The molecule has 0 aromatic heterocycles. The molecule has 24 heavy (non-hydrogen) atoms. The molecule has 0 spiro atoms. The van der Waals surface area contributed by atoms with E-state index in [1.807, 2.05) is 12.1 Å². The molecule has 0 radical (unpaired) electrons. The van der Waals surface area contributed by atoms with Gasteiger partial charge in [0.1, 0.15) is 0 Å². The topological polar surface area (TPSA) is 47.6 Å². The van der Waals surface area contributed by atoms with Crippen molar-refractivity contribution in [2.75, 3.05) is 12.4 Å². The molecule has 126 valence electrons. The van der Waals surface area contributed by atoms with E-state index in [1.54, 1.807) is 24.3 Å². The number of amides is 1. The predicted octanol–water partition coefficient (Wildman–Crippen LogP) is 4.71. The SMILES string of the molecule is COc1cc(/C=C/C(=O)Nc2ccc(Br)cc2)ccc1OC(F)F. The molecule has 1 amide bonds. The van der Waals surface area contributed by atoms with Gasteiger partial charge in [-0.2, -0.15) is 8.78 Å². The number of benzene rings is 2. The van der Waals surface area contributed by atoms with Gasteiger partial charge in [-0.3, -0.25) is 4.79 Å². The molecule has 0 aliphatic heterocycles. The minimum atomic E-state index is -2.93. The smallest absolute Gasteiger partial charge is 0.387 e. The Hall–Kier alpha value is -2.41. The average molecular weight is 398 g/mol. The lowest BCUT2D eigenvalue weighted by atomic mass is 10.2. The van der Waals surface area contributed by atoms with Crippen molar-refractivity contribution in [3.05, 3.63) is 58.6 Å². The van der Waals surface area contributed by atoms with E-state index in [1.165, 1.54) is 25.3 Å². The third kappa shape index (κ3) is 5.34. The summed E-state index contributed by atoms with van der Waals surface area (Å²) in [6.45, 7) is -2.93. The Morgan fingerprint density at radius 3 is 2.50 bits per heavy atom. The van der Waals surface area contributed by atoms with E-state index >= 15 is 0 Å². The summed E-state index contributed by atoms with van der Waals surface area (Å²) in [6.07, 6.45) is 2.88. The van der Waals surface area contributed by atoms with Crippen LogP contribution in [0.1, 0.15) is 5.56 Å². The Labute approximate surface area is 146 Å². The van der Waals surface area contributed by atoms with Crippen LogP contribution in [0.15, 0.2) is 53.0 Å². The number of methoxy groups -OCH3 is 1. The van der Waals surface area contributed by atoms with Crippen LogP contribution in [-0.2, 0) is 4.79 Å². The molecule has 0 aliphatic rings. The van der Waals surface area contributed by atoms with Crippen LogP contribution in [0.25, 0.3) is 6.08 Å². The number of ether oxygens (including phenoxy) is 2. The highest BCUT2D eigenvalue weighted by molar-refractivity contribution is 9.10. The second kappa shape index (κ2) is 8.44. The van der Waals surface area contributed by atoms with Crippen LogP contribution in [-0.4, -0.2) is 19.6 Å². The van der Waals surface area contributed by atoms with E-state index in [2.05, 4.69) is 26.0 Å². The summed E-state index contributed by atoms with van der Waals surface area (Å²) in [5.74, 6) is -0.223. The van der Waals surface area contributed by atoms with Crippen molar-refractivity contribution in [1.29, 1.82) is 0 Å². The number of hydrogen-bond acceptors (Lipinski definition) is 3. The van der Waals surface area contributed by atoms with Crippen molar-refractivity contribution in [3.63, 3.8) is 0 Å². The van der Waals surface area contributed by atoms with Crippen LogP contribution in [0.4, 0.5) is 14.5 Å². The molecule has 0 saturated carbocycles. The Morgan fingerprint density at radius 2 is 1.88 bits per heavy atom. The van der Waals surface area contributed by atoms with Gasteiger partial charge in [-0.15, -0.1) is 0 Å². The van der Waals surface area contributed by atoms with E-state index in [9.17, 15) is 13.6 Å². The fraction of sp³-hybridized carbons (Fsp3) is 0.118. The van der Waals surface area contributed by atoms with Gasteiger partial charge in [0.2, 0.25) is 5.91 Å². The molecule has 2 aromatic carbocycles. The molecular formula is C17H14BrF2NO3. The molecule has 1 N–H and O–H groups in total. The number of rotatable bonds is 6. The van der Waals surface area contributed by atoms with E-state index in [0.717, 1.165) is 4.47 Å². The van der Waals surface area contributed by atoms with Gasteiger partial charge in [0, 0.05) is 16.2 Å². The van der Waals surface area contributed by atoms with Crippen molar-refractivity contribution < 1.29 is 23.0 Å². The summed E-state index contributed by atoms with van der Waals surface area (Å²) >= 11 is 3.31. The molecule has 0 bridgehead atoms. The largest absolute Gasteiger partial charge is 0.493 e. The first-order valence-corrected chi connectivity index (χ1v) is 7.64. The summed E-state index contributed by atoms with van der Waals surface area (Å²) in [6, 6.07) is 11.5. The normalized spacial score (nSPS) is 10.9. The van der Waals surface area contributed by atoms with Crippen LogP contribution >= 0.6 is 15.9 Å². The van der Waals surface area contributed by atoms with Gasteiger partial charge in [-0.05, 0) is 48.0 Å². The zero-order chi connectivity index (χ0) is 17.5. The Morgan fingerprint density at radius 1 is 1.17 bits per heavy atom. The number of nitrogens with one attached hydrogen (secondary N) is 1. The first-order chi connectivity index (χ1) is 11.5.